The Bertz CT molecular complexity index is 531. The second kappa shape index (κ2) is 8.20. The molecule has 1 unspecified atom stereocenters. The number of rotatable bonds is 9. The maximum absolute atomic E-state index is 5.58. The van der Waals surface area contributed by atoms with Gasteiger partial charge in [0.1, 0.15) is 5.58 Å². The number of nitrogens with zero attached hydrogens (tertiary/aromatic N) is 1. The van der Waals surface area contributed by atoms with E-state index in [-0.39, 0.29) is 0 Å². The van der Waals surface area contributed by atoms with E-state index in [1.807, 2.05) is 18.4 Å². The summed E-state index contributed by atoms with van der Waals surface area (Å²) in [6.07, 6.45) is 4.34. The molecule has 1 aromatic heterocycles. The molecule has 21 heavy (non-hydrogen) atoms. The number of para-hydroxylation sites is 1. The summed E-state index contributed by atoms with van der Waals surface area (Å²) in [5, 5.41) is 4.83. The van der Waals surface area contributed by atoms with Gasteiger partial charge in [-0.25, -0.2) is 0 Å². The van der Waals surface area contributed by atoms with E-state index in [0.29, 0.717) is 6.04 Å². The minimum absolute atomic E-state index is 0.536. The molecule has 2 rings (SSSR count). The van der Waals surface area contributed by atoms with Gasteiger partial charge in [-0.2, -0.15) is 0 Å². The number of benzene rings is 1. The van der Waals surface area contributed by atoms with E-state index >= 15 is 0 Å². The smallest absolute Gasteiger partial charge is 0.134 e. The largest absolute Gasteiger partial charge is 0.464 e. The average molecular weight is 288 g/mol. The van der Waals surface area contributed by atoms with E-state index < -0.39 is 0 Å². The molecule has 1 atom stereocenters. The Balaban J connectivity index is 1.75. The summed E-state index contributed by atoms with van der Waals surface area (Å²) < 4.78 is 5.58. The molecular weight excluding hydrogens is 260 g/mol. The predicted molar refractivity (Wildman–Crippen MR) is 89.5 cm³/mol. The van der Waals surface area contributed by atoms with Crippen LogP contribution in [0.15, 0.2) is 34.9 Å². The fourth-order valence-corrected chi connectivity index (χ4v) is 2.72. The fourth-order valence-electron chi connectivity index (χ4n) is 2.72. The normalized spacial score (nSPS) is 13.1. The highest BCUT2D eigenvalue weighted by Crippen LogP contribution is 2.20. The molecule has 0 amide bonds. The molecule has 0 radical (unpaired) electrons. The first-order chi connectivity index (χ1) is 10.2. The van der Waals surface area contributed by atoms with Gasteiger partial charge in [0, 0.05) is 23.5 Å². The molecule has 3 nitrogen and oxygen atoms in total. The van der Waals surface area contributed by atoms with E-state index in [2.05, 4.69) is 43.1 Å². The number of hydrogen-bond acceptors (Lipinski definition) is 3. The van der Waals surface area contributed by atoms with Crippen LogP contribution in [0, 0.1) is 0 Å². The van der Waals surface area contributed by atoms with Gasteiger partial charge < -0.3 is 14.6 Å². The Morgan fingerprint density at radius 2 is 1.95 bits per heavy atom. The maximum Gasteiger partial charge on any atom is 0.134 e. The van der Waals surface area contributed by atoms with Crippen LogP contribution in [-0.4, -0.2) is 30.6 Å². The van der Waals surface area contributed by atoms with Crippen molar-refractivity contribution in [3.05, 3.63) is 36.1 Å². The molecule has 0 bridgehead atoms. The van der Waals surface area contributed by atoms with E-state index in [9.17, 15) is 0 Å². The minimum atomic E-state index is 0.536. The Hall–Kier alpha value is -1.32. The van der Waals surface area contributed by atoms with Gasteiger partial charge in [-0.15, -0.1) is 0 Å². The van der Waals surface area contributed by atoms with Crippen molar-refractivity contribution in [3.8, 4) is 0 Å². The summed E-state index contributed by atoms with van der Waals surface area (Å²) in [6.45, 7) is 11.1. The number of furan rings is 1. The first-order valence-electron chi connectivity index (χ1n) is 8.15. The van der Waals surface area contributed by atoms with Crippen molar-refractivity contribution in [2.45, 2.75) is 46.2 Å². The van der Waals surface area contributed by atoms with Crippen LogP contribution in [0.4, 0.5) is 0 Å². The second-order valence-electron chi connectivity index (χ2n) is 5.71. The molecule has 0 aliphatic carbocycles. The summed E-state index contributed by atoms with van der Waals surface area (Å²) in [6, 6.07) is 8.76. The molecule has 0 saturated carbocycles. The molecular formula is C18H28N2O. The van der Waals surface area contributed by atoms with E-state index in [4.69, 9.17) is 4.42 Å². The third-order valence-electron chi connectivity index (χ3n) is 4.21. The molecule has 0 spiro atoms. The zero-order valence-electron chi connectivity index (χ0n) is 13.6. The zero-order chi connectivity index (χ0) is 15.1. The van der Waals surface area contributed by atoms with Crippen molar-refractivity contribution in [1.82, 2.24) is 10.2 Å². The summed E-state index contributed by atoms with van der Waals surface area (Å²) in [5.74, 6) is 0. The average Bonchev–Trinajstić information content (AvgIpc) is 2.93. The molecule has 0 aliphatic heterocycles. The van der Waals surface area contributed by atoms with Gasteiger partial charge in [-0.1, -0.05) is 32.0 Å². The lowest BCUT2D eigenvalue weighted by Crippen LogP contribution is -2.28. The molecule has 1 aromatic carbocycles. The van der Waals surface area contributed by atoms with Crippen molar-refractivity contribution in [2.24, 2.45) is 0 Å². The number of hydrogen-bond donors (Lipinski definition) is 1. The molecule has 1 N–H and O–H groups in total. The van der Waals surface area contributed by atoms with Crippen LogP contribution in [0.25, 0.3) is 11.0 Å². The molecule has 2 aromatic rings. The van der Waals surface area contributed by atoms with Crippen LogP contribution in [0.3, 0.4) is 0 Å². The van der Waals surface area contributed by atoms with Gasteiger partial charge in [0.2, 0.25) is 0 Å². The highest BCUT2D eigenvalue weighted by molar-refractivity contribution is 5.80. The van der Waals surface area contributed by atoms with Crippen molar-refractivity contribution in [3.63, 3.8) is 0 Å². The Labute approximate surface area is 128 Å². The van der Waals surface area contributed by atoms with E-state index in [1.54, 1.807) is 0 Å². The lowest BCUT2D eigenvalue weighted by molar-refractivity contribution is 0.290. The lowest BCUT2D eigenvalue weighted by atomic mass is 10.1. The number of nitrogens with one attached hydrogen (secondary N) is 1. The van der Waals surface area contributed by atoms with E-state index in [1.165, 1.54) is 30.3 Å². The molecule has 3 heteroatoms. The van der Waals surface area contributed by atoms with Crippen LogP contribution in [0.2, 0.25) is 0 Å². The monoisotopic (exact) mass is 288 g/mol. The van der Waals surface area contributed by atoms with Gasteiger partial charge in [-0.3, -0.25) is 0 Å². The predicted octanol–water partition coefficient (Wildman–Crippen LogP) is 4.03. The van der Waals surface area contributed by atoms with Crippen molar-refractivity contribution >= 4 is 11.0 Å². The van der Waals surface area contributed by atoms with Gasteiger partial charge in [0.05, 0.1) is 6.26 Å². The van der Waals surface area contributed by atoms with Crippen LogP contribution in [0.1, 0.15) is 39.2 Å². The quantitative estimate of drug-likeness (QED) is 0.755. The van der Waals surface area contributed by atoms with Crippen molar-refractivity contribution in [1.29, 1.82) is 0 Å². The maximum atomic E-state index is 5.58. The van der Waals surface area contributed by atoms with Gasteiger partial charge in [0.25, 0.3) is 0 Å². The third kappa shape index (κ3) is 4.58. The van der Waals surface area contributed by atoms with Gasteiger partial charge in [-0.05, 0) is 45.5 Å². The van der Waals surface area contributed by atoms with Gasteiger partial charge >= 0.3 is 0 Å². The first-order valence-corrected chi connectivity index (χ1v) is 8.15. The van der Waals surface area contributed by atoms with Crippen LogP contribution >= 0.6 is 0 Å². The highest BCUT2D eigenvalue weighted by atomic mass is 16.3. The summed E-state index contributed by atoms with van der Waals surface area (Å²) in [5.41, 5.74) is 2.23. The highest BCUT2D eigenvalue weighted by Gasteiger charge is 2.07. The summed E-state index contributed by atoms with van der Waals surface area (Å²) >= 11 is 0. The SMILES string of the molecule is CCN(CC)CCCC(C)NCc1coc2ccccc12. The zero-order valence-corrected chi connectivity index (χ0v) is 13.6. The Kier molecular flexibility index (Phi) is 6.27. The molecule has 116 valence electrons. The van der Waals surface area contributed by atoms with E-state index in [0.717, 1.165) is 25.2 Å². The van der Waals surface area contributed by atoms with Gasteiger partial charge in [0.15, 0.2) is 0 Å². The van der Waals surface area contributed by atoms with Crippen LogP contribution in [-0.2, 0) is 6.54 Å². The standard InChI is InChI=1S/C18H28N2O/c1-4-20(5-2)12-8-9-15(3)19-13-16-14-21-18-11-7-6-10-17(16)18/h6-7,10-11,14-15,19H,4-5,8-9,12-13H2,1-3H3. The van der Waals surface area contributed by atoms with Crippen molar-refractivity contribution in [2.75, 3.05) is 19.6 Å². The lowest BCUT2D eigenvalue weighted by Gasteiger charge is -2.19. The third-order valence-corrected chi connectivity index (χ3v) is 4.21. The topological polar surface area (TPSA) is 28.4 Å². The molecule has 1 heterocycles. The first kappa shape index (κ1) is 16.1. The fraction of sp³-hybridized carbons (Fsp3) is 0.556. The van der Waals surface area contributed by atoms with Crippen LogP contribution in [0.5, 0.6) is 0 Å². The Morgan fingerprint density at radius 3 is 2.71 bits per heavy atom. The Morgan fingerprint density at radius 1 is 1.19 bits per heavy atom. The number of fused-ring (bicyclic) bond motifs is 1. The summed E-state index contributed by atoms with van der Waals surface area (Å²) in [7, 11) is 0. The molecule has 0 fully saturated rings. The minimum Gasteiger partial charge on any atom is -0.464 e. The molecule has 0 aliphatic rings. The molecule has 0 saturated heterocycles. The summed E-state index contributed by atoms with van der Waals surface area (Å²) in [4.78, 5) is 2.48. The second-order valence-corrected chi connectivity index (χ2v) is 5.71. The van der Waals surface area contributed by atoms with Crippen molar-refractivity contribution < 1.29 is 4.42 Å². The van der Waals surface area contributed by atoms with Crippen LogP contribution < -0.4 is 5.32 Å².